The van der Waals surface area contributed by atoms with E-state index in [1.54, 1.807) is 12.4 Å². The molecule has 0 saturated carbocycles. The van der Waals surface area contributed by atoms with Crippen LogP contribution in [0.3, 0.4) is 0 Å². The number of amides is 1. The molecule has 0 radical (unpaired) electrons. The molecule has 2 saturated heterocycles. The minimum atomic E-state index is -0.828. The molecule has 3 aliphatic rings. The average Bonchev–Trinajstić information content (AvgIpc) is 3.60. The zero-order valence-electron chi connectivity index (χ0n) is 23.1. The normalized spacial score (nSPS) is 27.1. The van der Waals surface area contributed by atoms with Crippen LogP contribution in [0.25, 0.3) is 5.65 Å². The zero-order valence-corrected chi connectivity index (χ0v) is 23.1. The molecular formula is C29H40N8O2. The van der Waals surface area contributed by atoms with E-state index in [-0.39, 0.29) is 18.0 Å². The molecule has 6 heterocycles. The lowest BCUT2D eigenvalue weighted by atomic mass is 9.81. The molecule has 0 spiro atoms. The fourth-order valence-corrected chi connectivity index (χ4v) is 6.26. The van der Waals surface area contributed by atoms with Gasteiger partial charge in [0.2, 0.25) is 5.91 Å². The first-order valence-corrected chi connectivity index (χ1v) is 14.4. The Morgan fingerprint density at radius 1 is 1.10 bits per heavy atom. The summed E-state index contributed by atoms with van der Waals surface area (Å²) in [7, 11) is 2.12. The van der Waals surface area contributed by atoms with Crippen LogP contribution in [0.2, 0.25) is 0 Å². The number of anilines is 2. The Labute approximate surface area is 230 Å². The third-order valence-corrected chi connectivity index (χ3v) is 8.65. The number of carbonyl (C=O) groups excluding carboxylic acids is 1. The first-order valence-electron chi connectivity index (χ1n) is 14.4. The molecule has 0 aromatic carbocycles. The summed E-state index contributed by atoms with van der Waals surface area (Å²) in [5, 5.41) is 5.11. The fraction of sp³-hybridized carbons (Fsp3) is 0.586. The Kier molecular flexibility index (Phi) is 7.16. The monoisotopic (exact) mass is 532 g/mol. The highest BCUT2D eigenvalue weighted by Crippen LogP contribution is 2.37. The summed E-state index contributed by atoms with van der Waals surface area (Å²) >= 11 is 0. The third-order valence-electron chi connectivity index (χ3n) is 8.65. The SMILES string of the molecule is CN1CCCCOCC(C)(c2cccnc2)C(=O)N2CCCCC2c2cc3nc(N4CC[C@H](N)C4)cc1n3n2. The Morgan fingerprint density at radius 3 is 2.77 bits per heavy atom. The molecule has 0 aliphatic carbocycles. The summed E-state index contributed by atoms with van der Waals surface area (Å²) in [6, 6.07) is 8.16. The summed E-state index contributed by atoms with van der Waals surface area (Å²) in [4.78, 5) is 30.4. The molecule has 10 heteroatoms. The Hall–Kier alpha value is -3.24. The van der Waals surface area contributed by atoms with Gasteiger partial charge in [-0.3, -0.25) is 9.78 Å². The van der Waals surface area contributed by atoms with Gasteiger partial charge in [-0.05, 0) is 57.1 Å². The van der Waals surface area contributed by atoms with Crippen molar-refractivity contribution in [3.63, 3.8) is 0 Å². The molecule has 10 nitrogen and oxygen atoms in total. The van der Waals surface area contributed by atoms with Crippen molar-refractivity contribution in [1.29, 1.82) is 0 Å². The zero-order chi connectivity index (χ0) is 27.0. The molecule has 6 rings (SSSR count). The summed E-state index contributed by atoms with van der Waals surface area (Å²) in [5.41, 5.74) is 7.99. The van der Waals surface area contributed by atoms with Crippen LogP contribution < -0.4 is 15.5 Å². The largest absolute Gasteiger partial charge is 0.380 e. The number of nitrogens with two attached hydrogens (primary N) is 1. The van der Waals surface area contributed by atoms with Gasteiger partial charge in [-0.1, -0.05) is 6.07 Å². The van der Waals surface area contributed by atoms with Crippen molar-refractivity contribution in [3.05, 3.63) is 47.9 Å². The van der Waals surface area contributed by atoms with E-state index in [4.69, 9.17) is 20.6 Å². The van der Waals surface area contributed by atoms with Crippen LogP contribution in [-0.4, -0.2) is 82.9 Å². The minimum Gasteiger partial charge on any atom is -0.380 e. The summed E-state index contributed by atoms with van der Waals surface area (Å²) in [6.07, 6.45) is 9.29. The van der Waals surface area contributed by atoms with Gasteiger partial charge in [0.15, 0.2) is 5.65 Å². The van der Waals surface area contributed by atoms with Crippen LogP contribution in [0.5, 0.6) is 0 Å². The van der Waals surface area contributed by atoms with Crippen molar-refractivity contribution in [2.45, 2.75) is 62.9 Å². The smallest absolute Gasteiger partial charge is 0.235 e. The fourth-order valence-electron chi connectivity index (χ4n) is 6.26. The predicted molar refractivity (Wildman–Crippen MR) is 151 cm³/mol. The van der Waals surface area contributed by atoms with E-state index in [0.717, 1.165) is 86.7 Å². The van der Waals surface area contributed by atoms with Crippen LogP contribution in [0.1, 0.15) is 62.7 Å². The van der Waals surface area contributed by atoms with Crippen molar-refractivity contribution in [1.82, 2.24) is 24.5 Å². The molecule has 1 amide bonds. The number of ether oxygens (including phenoxy) is 1. The highest BCUT2D eigenvalue weighted by molar-refractivity contribution is 5.88. The minimum absolute atomic E-state index is 0.0733. The number of aromatic nitrogens is 4. The number of hydrogen-bond acceptors (Lipinski definition) is 8. The summed E-state index contributed by atoms with van der Waals surface area (Å²) < 4.78 is 8.17. The van der Waals surface area contributed by atoms with Crippen LogP contribution >= 0.6 is 0 Å². The van der Waals surface area contributed by atoms with Gasteiger partial charge < -0.3 is 25.2 Å². The Balaban J connectivity index is 1.44. The van der Waals surface area contributed by atoms with Gasteiger partial charge >= 0.3 is 0 Å². The molecule has 3 atom stereocenters. The summed E-state index contributed by atoms with van der Waals surface area (Å²) in [5.74, 6) is 2.02. The second kappa shape index (κ2) is 10.7. The quantitative estimate of drug-likeness (QED) is 0.537. The number of nitrogens with zero attached hydrogens (tertiary/aromatic N) is 7. The number of rotatable bonds is 2. The lowest BCUT2D eigenvalue weighted by Gasteiger charge is -2.41. The standard InChI is InChI=1S/C29H40N8O2/c1-29(21-8-7-11-31-18-21)20-39-15-6-5-12-34(2)27-17-25(35-14-10-22(30)19-35)32-26-16-23(33-37(26)27)24-9-3-4-13-36(24)28(29)38/h7-8,11,16-18,22,24H,3-6,9-10,12-15,19-20,30H2,1-2H3/t22-,24?,29?/m0/s1. The second-order valence-corrected chi connectivity index (χ2v) is 11.6. The molecule has 2 fully saturated rings. The maximum absolute atomic E-state index is 14.4. The Bertz CT molecular complexity index is 1310. The highest BCUT2D eigenvalue weighted by Gasteiger charge is 2.43. The van der Waals surface area contributed by atoms with Gasteiger partial charge in [-0.15, -0.1) is 0 Å². The third kappa shape index (κ3) is 4.96. The Morgan fingerprint density at radius 2 is 1.97 bits per heavy atom. The van der Waals surface area contributed by atoms with E-state index < -0.39 is 5.41 Å². The van der Waals surface area contributed by atoms with Crippen molar-refractivity contribution in [2.24, 2.45) is 5.73 Å². The van der Waals surface area contributed by atoms with Crippen molar-refractivity contribution < 1.29 is 9.53 Å². The number of pyridine rings is 1. The van der Waals surface area contributed by atoms with Crippen molar-refractivity contribution in [2.75, 3.05) is 56.2 Å². The van der Waals surface area contributed by atoms with Crippen molar-refractivity contribution >= 4 is 23.2 Å². The van der Waals surface area contributed by atoms with Gasteiger partial charge in [0.05, 0.1) is 23.8 Å². The van der Waals surface area contributed by atoms with Gasteiger partial charge in [0.1, 0.15) is 11.6 Å². The van der Waals surface area contributed by atoms with Crippen LogP contribution in [0.4, 0.5) is 11.6 Å². The molecule has 208 valence electrons. The molecule has 3 aliphatic heterocycles. The topological polar surface area (TPSA) is 105 Å². The maximum atomic E-state index is 14.4. The predicted octanol–water partition coefficient (Wildman–Crippen LogP) is 2.92. The number of piperidine rings is 1. The molecule has 2 bridgehead atoms. The number of fused-ring (bicyclic) bond motifs is 3. The average molecular weight is 533 g/mol. The first kappa shape index (κ1) is 26.0. The summed E-state index contributed by atoms with van der Waals surface area (Å²) in [6.45, 7) is 6.21. The van der Waals surface area contributed by atoms with E-state index >= 15 is 0 Å². The van der Waals surface area contributed by atoms with Crippen molar-refractivity contribution in [3.8, 4) is 0 Å². The van der Waals surface area contributed by atoms with Gasteiger partial charge in [0.25, 0.3) is 0 Å². The highest BCUT2D eigenvalue weighted by atomic mass is 16.5. The molecule has 3 aromatic rings. The molecule has 39 heavy (non-hydrogen) atoms. The van der Waals surface area contributed by atoms with E-state index in [9.17, 15) is 4.79 Å². The van der Waals surface area contributed by atoms with E-state index in [2.05, 4.69) is 34.0 Å². The maximum Gasteiger partial charge on any atom is 0.235 e. The van der Waals surface area contributed by atoms with Gasteiger partial charge in [-0.25, -0.2) is 4.98 Å². The molecular weight excluding hydrogens is 492 g/mol. The van der Waals surface area contributed by atoms with Crippen LogP contribution in [-0.2, 0) is 14.9 Å². The lowest BCUT2D eigenvalue weighted by molar-refractivity contribution is -0.143. The van der Waals surface area contributed by atoms with E-state index in [1.807, 2.05) is 28.5 Å². The molecule has 2 unspecified atom stereocenters. The van der Waals surface area contributed by atoms with Gasteiger partial charge in [-0.2, -0.15) is 9.61 Å². The lowest BCUT2D eigenvalue weighted by Crippen LogP contribution is -2.50. The van der Waals surface area contributed by atoms with Gasteiger partial charge in [0, 0.05) is 70.4 Å². The van der Waals surface area contributed by atoms with Crippen LogP contribution in [0, 0.1) is 0 Å². The number of hydrogen-bond donors (Lipinski definition) is 1. The molecule has 3 aromatic heterocycles. The first-order chi connectivity index (χ1) is 18.9. The van der Waals surface area contributed by atoms with E-state index in [1.165, 1.54) is 0 Å². The van der Waals surface area contributed by atoms with Crippen LogP contribution in [0.15, 0.2) is 36.7 Å². The molecule has 2 N–H and O–H groups in total. The van der Waals surface area contributed by atoms with E-state index in [0.29, 0.717) is 19.8 Å². The second-order valence-electron chi connectivity index (χ2n) is 11.6. The number of carbonyl (C=O) groups is 1.